The van der Waals surface area contributed by atoms with E-state index in [9.17, 15) is 0 Å². The smallest absolute Gasteiger partial charge is 0.147 e. The SMILES string of the molecule is CCCC(CC)Nc1nc(NCC)c(Cl)cc1Cl. The zero-order valence-electron chi connectivity index (χ0n) is 11.2. The number of hydrogen-bond donors (Lipinski definition) is 2. The lowest BCUT2D eigenvalue weighted by Crippen LogP contribution is -2.19. The summed E-state index contributed by atoms with van der Waals surface area (Å²) in [6, 6.07) is 2.13. The number of rotatable bonds is 7. The maximum atomic E-state index is 6.17. The highest BCUT2D eigenvalue weighted by Gasteiger charge is 2.12. The van der Waals surface area contributed by atoms with E-state index in [1.165, 1.54) is 0 Å². The predicted molar refractivity (Wildman–Crippen MR) is 81.0 cm³/mol. The van der Waals surface area contributed by atoms with Crippen molar-refractivity contribution < 1.29 is 0 Å². The van der Waals surface area contributed by atoms with Crippen LogP contribution in [0.15, 0.2) is 6.07 Å². The normalized spacial score (nSPS) is 12.3. The quantitative estimate of drug-likeness (QED) is 0.756. The van der Waals surface area contributed by atoms with E-state index in [1.54, 1.807) is 6.07 Å². The molecule has 1 atom stereocenters. The van der Waals surface area contributed by atoms with Crippen LogP contribution in [0.3, 0.4) is 0 Å². The molecule has 0 spiro atoms. The average Bonchev–Trinajstić information content (AvgIpc) is 2.34. The van der Waals surface area contributed by atoms with Gasteiger partial charge < -0.3 is 10.6 Å². The Morgan fingerprint density at radius 3 is 2.39 bits per heavy atom. The number of halogens is 2. The number of pyridine rings is 1. The second-order valence-electron chi connectivity index (χ2n) is 4.22. The first-order valence-corrected chi connectivity index (χ1v) is 7.24. The fourth-order valence-electron chi connectivity index (χ4n) is 1.78. The van der Waals surface area contributed by atoms with E-state index in [1.807, 2.05) is 6.92 Å². The maximum absolute atomic E-state index is 6.17. The van der Waals surface area contributed by atoms with Crippen LogP contribution in [0.1, 0.15) is 40.0 Å². The molecule has 0 aromatic carbocycles. The first kappa shape index (κ1) is 15.4. The molecule has 0 saturated carbocycles. The summed E-state index contributed by atoms with van der Waals surface area (Å²) in [5, 5.41) is 7.62. The number of aromatic nitrogens is 1. The molecule has 3 nitrogen and oxygen atoms in total. The van der Waals surface area contributed by atoms with E-state index in [4.69, 9.17) is 23.2 Å². The molecule has 2 N–H and O–H groups in total. The largest absolute Gasteiger partial charge is 0.369 e. The molecular weight excluding hydrogens is 269 g/mol. The van der Waals surface area contributed by atoms with Gasteiger partial charge in [0, 0.05) is 12.6 Å². The molecule has 1 unspecified atom stereocenters. The second kappa shape index (κ2) is 7.70. The molecule has 0 radical (unpaired) electrons. The predicted octanol–water partition coefficient (Wildman–Crippen LogP) is 4.81. The van der Waals surface area contributed by atoms with Crippen LogP contribution < -0.4 is 10.6 Å². The molecule has 0 aliphatic rings. The first-order valence-electron chi connectivity index (χ1n) is 6.48. The average molecular weight is 290 g/mol. The first-order chi connectivity index (χ1) is 8.62. The molecule has 0 aliphatic carbocycles. The van der Waals surface area contributed by atoms with E-state index in [-0.39, 0.29) is 0 Å². The van der Waals surface area contributed by atoms with Crippen molar-refractivity contribution in [3.63, 3.8) is 0 Å². The van der Waals surface area contributed by atoms with Crippen molar-refractivity contribution in [3.8, 4) is 0 Å². The van der Waals surface area contributed by atoms with Crippen molar-refractivity contribution in [3.05, 3.63) is 16.1 Å². The Morgan fingerprint density at radius 1 is 1.17 bits per heavy atom. The van der Waals surface area contributed by atoms with E-state index in [0.29, 0.717) is 27.7 Å². The van der Waals surface area contributed by atoms with Crippen molar-refractivity contribution >= 4 is 34.8 Å². The van der Waals surface area contributed by atoms with Crippen LogP contribution in [0.2, 0.25) is 10.0 Å². The lowest BCUT2D eigenvalue weighted by atomic mass is 10.1. The van der Waals surface area contributed by atoms with Crippen LogP contribution in [0, 0.1) is 0 Å². The molecule has 0 saturated heterocycles. The second-order valence-corrected chi connectivity index (χ2v) is 5.03. The Balaban J connectivity index is 2.89. The summed E-state index contributed by atoms with van der Waals surface area (Å²) in [7, 11) is 0. The Labute approximate surface area is 119 Å². The fraction of sp³-hybridized carbons (Fsp3) is 0.615. The minimum atomic E-state index is 0.399. The van der Waals surface area contributed by atoms with Crippen LogP contribution in [-0.4, -0.2) is 17.6 Å². The standard InChI is InChI=1S/C13H21Cl2N3/c1-4-7-9(5-2)17-13-11(15)8-10(14)12(18-13)16-6-3/h8-9H,4-7H2,1-3H3,(H2,16,17,18). The maximum Gasteiger partial charge on any atom is 0.147 e. The Hall–Kier alpha value is -0.670. The van der Waals surface area contributed by atoms with Crippen molar-refractivity contribution in [1.82, 2.24) is 4.98 Å². The van der Waals surface area contributed by atoms with Gasteiger partial charge in [-0.1, -0.05) is 43.5 Å². The third kappa shape index (κ3) is 4.21. The topological polar surface area (TPSA) is 37.0 Å². The Kier molecular flexibility index (Phi) is 6.58. The lowest BCUT2D eigenvalue weighted by molar-refractivity contribution is 0.620. The van der Waals surface area contributed by atoms with Crippen LogP contribution in [0.5, 0.6) is 0 Å². The van der Waals surface area contributed by atoms with Gasteiger partial charge in [-0.3, -0.25) is 0 Å². The summed E-state index contributed by atoms with van der Waals surface area (Å²) in [4.78, 5) is 4.45. The number of nitrogens with zero attached hydrogens (tertiary/aromatic N) is 1. The molecular formula is C13H21Cl2N3. The zero-order chi connectivity index (χ0) is 13.5. The molecule has 0 fully saturated rings. The zero-order valence-corrected chi connectivity index (χ0v) is 12.7. The number of anilines is 2. The molecule has 18 heavy (non-hydrogen) atoms. The van der Waals surface area contributed by atoms with Crippen LogP contribution in [0.25, 0.3) is 0 Å². The minimum absolute atomic E-state index is 0.399. The monoisotopic (exact) mass is 289 g/mol. The molecule has 1 heterocycles. The van der Waals surface area contributed by atoms with Crippen molar-refractivity contribution in [1.29, 1.82) is 0 Å². The highest BCUT2D eigenvalue weighted by Crippen LogP contribution is 2.30. The van der Waals surface area contributed by atoms with Crippen molar-refractivity contribution in [2.75, 3.05) is 17.2 Å². The van der Waals surface area contributed by atoms with Gasteiger partial charge in [0.05, 0.1) is 10.0 Å². The molecule has 1 aromatic heterocycles. The van der Waals surface area contributed by atoms with Gasteiger partial charge in [0.25, 0.3) is 0 Å². The summed E-state index contributed by atoms with van der Waals surface area (Å²) in [6.45, 7) is 7.11. The van der Waals surface area contributed by atoms with Gasteiger partial charge in [-0.05, 0) is 25.8 Å². The van der Waals surface area contributed by atoms with Crippen LogP contribution in [0.4, 0.5) is 11.6 Å². The fourth-order valence-corrected chi connectivity index (χ4v) is 2.26. The highest BCUT2D eigenvalue weighted by atomic mass is 35.5. The molecule has 0 bridgehead atoms. The van der Waals surface area contributed by atoms with Gasteiger partial charge in [-0.2, -0.15) is 0 Å². The molecule has 5 heteroatoms. The van der Waals surface area contributed by atoms with E-state index < -0.39 is 0 Å². The van der Waals surface area contributed by atoms with E-state index in [2.05, 4.69) is 29.5 Å². The molecule has 0 aliphatic heterocycles. The summed E-state index contributed by atoms with van der Waals surface area (Å²) >= 11 is 12.2. The van der Waals surface area contributed by atoms with E-state index >= 15 is 0 Å². The summed E-state index contributed by atoms with van der Waals surface area (Å²) in [5.41, 5.74) is 0. The van der Waals surface area contributed by atoms with Gasteiger partial charge in [-0.25, -0.2) is 4.98 Å². The summed E-state index contributed by atoms with van der Waals surface area (Å²) < 4.78 is 0. The summed E-state index contributed by atoms with van der Waals surface area (Å²) in [5.74, 6) is 1.38. The van der Waals surface area contributed by atoms with Crippen LogP contribution in [-0.2, 0) is 0 Å². The molecule has 0 amide bonds. The van der Waals surface area contributed by atoms with Crippen molar-refractivity contribution in [2.45, 2.75) is 46.1 Å². The molecule has 1 rings (SSSR count). The Bertz CT molecular complexity index is 383. The van der Waals surface area contributed by atoms with Gasteiger partial charge in [-0.15, -0.1) is 0 Å². The number of hydrogen-bond acceptors (Lipinski definition) is 3. The number of nitrogens with one attached hydrogen (secondary N) is 2. The lowest BCUT2D eigenvalue weighted by Gasteiger charge is -2.18. The van der Waals surface area contributed by atoms with Gasteiger partial charge in [0.15, 0.2) is 0 Å². The molecule has 102 valence electrons. The third-order valence-corrected chi connectivity index (χ3v) is 3.32. The van der Waals surface area contributed by atoms with E-state index in [0.717, 1.165) is 25.8 Å². The Morgan fingerprint density at radius 2 is 1.83 bits per heavy atom. The van der Waals surface area contributed by atoms with Crippen molar-refractivity contribution in [2.24, 2.45) is 0 Å². The van der Waals surface area contributed by atoms with Gasteiger partial charge in [0.2, 0.25) is 0 Å². The molecule has 1 aromatic rings. The van der Waals surface area contributed by atoms with Gasteiger partial charge >= 0.3 is 0 Å². The van der Waals surface area contributed by atoms with Gasteiger partial charge in [0.1, 0.15) is 11.6 Å². The minimum Gasteiger partial charge on any atom is -0.369 e. The van der Waals surface area contributed by atoms with Crippen LogP contribution >= 0.6 is 23.2 Å². The highest BCUT2D eigenvalue weighted by molar-refractivity contribution is 6.37. The third-order valence-electron chi connectivity index (χ3n) is 2.74. The summed E-state index contributed by atoms with van der Waals surface area (Å²) in [6.07, 6.45) is 3.29.